The summed E-state index contributed by atoms with van der Waals surface area (Å²) in [5.41, 5.74) is -1.33. The number of carbonyl (C=O) groups is 1. The molecular formula is C30H42F2N4O5Si. The lowest BCUT2D eigenvalue weighted by molar-refractivity contribution is -0.151. The number of carbonyl (C=O) groups excluding carboxylic acids is 1. The molecule has 3 aliphatic rings. The zero-order valence-electron chi connectivity index (χ0n) is 25.5. The number of ether oxygens (including phenoxy) is 1. The molecule has 1 aromatic heterocycles. The molecular weight excluding hydrogens is 562 g/mol. The largest absolute Gasteiger partial charge is 0.528 e. The first-order valence-corrected chi connectivity index (χ1v) is 17.6. The number of aromatic nitrogens is 1. The first kappa shape index (κ1) is 30.5. The number of fused-ring (bicyclic) bond motifs is 1. The van der Waals surface area contributed by atoms with E-state index < -0.39 is 25.5 Å². The number of oxime groups is 1. The van der Waals surface area contributed by atoms with Crippen molar-refractivity contribution in [2.75, 3.05) is 33.3 Å². The maximum absolute atomic E-state index is 16.0. The SMILES string of the molecule is CO/N=C1\CC2(CCN(C(=O)C3(F)CCN(Cc4cc(O[Si](C)(C)C(C)(C)C)no4)CC3)CC2)Oc2ccc(F)cc21. The summed E-state index contributed by atoms with van der Waals surface area (Å²) in [4.78, 5) is 22.1. The Morgan fingerprint density at radius 1 is 1.12 bits per heavy atom. The normalized spacial score (nSPS) is 21.6. The molecule has 0 aliphatic carbocycles. The minimum Gasteiger partial charge on any atom is -0.528 e. The van der Waals surface area contributed by atoms with Gasteiger partial charge in [-0.05, 0) is 41.5 Å². The third-order valence-electron chi connectivity index (χ3n) is 9.35. The standard InChI is InChI=1S/C30H42F2N4O5Si/c1-28(2,3)42(5,6)41-26-18-22(40-34-26)20-35-13-11-30(32,12-14-35)27(37)36-15-9-29(10-16-36)19-24(33-38-4)23-17-21(31)7-8-25(23)39-29/h7-8,17-18H,9-16,19-20H2,1-6H3/b33-24+. The van der Waals surface area contributed by atoms with E-state index >= 15 is 4.39 Å². The smallest absolute Gasteiger partial charge is 0.260 e. The highest BCUT2D eigenvalue weighted by atomic mass is 28.4. The Balaban J connectivity index is 1.15. The Bertz CT molecular complexity index is 1330. The molecule has 230 valence electrons. The number of halogens is 2. The minimum atomic E-state index is -2.03. The van der Waals surface area contributed by atoms with Crippen LogP contribution < -0.4 is 9.16 Å². The second-order valence-corrected chi connectivity index (χ2v) is 18.1. The summed E-state index contributed by atoms with van der Waals surface area (Å²) in [6.07, 6.45) is 1.71. The van der Waals surface area contributed by atoms with Gasteiger partial charge in [-0.15, -0.1) is 0 Å². The van der Waals surface area contributed by atoms with Gasteiger partial charge in [-0.1, -0.05) is 25.9 Å². The first-order chi connectivity index (χ1) is 19.7. The van der Waals surface area contributed by atoms with E-state index in [-0.39, 0.29) is 23.7 Å². The number of nitrogens with zero attached hydrogens (tertiary/aromatic N) is 4. The summed E-state index contributed by atoms with van der Waals surface area (Å²) in [5.74, 6) is 0.863. The van der Waals surface area contributed by atoms with E-state index in [2.05, 4.69) is 49.1 Å². The summed E-state index contributed by atoms with van der Waals surface area (Å²) in [6, 6.07) is 6.16. The van der Waals surface area contributed by atoms with E-state index in [9.17, 15) is 9.18 Å². The number of benzene rings is 1. The van der Waals surface area contributed by atoms with Crippen molar-refractivity contribution in [3.05, 3.63) is 41.4 Å². The Labute approximate surface area is 247 Å². The third kappa shape index (κ3) is 6.19. The van der Waals surface area contributed by atoms with Crippen LogP contribution in [0.15, 0.2) is 33.9 Å². The summed E-state index contributed by atoms with van der Waals surface area (Å²) in [6.45, 7) is 12.9. The van der Waals surface area contributed by atoms with Gasteiger partial charge >= 0.3 is 0 Å². The zero-order chi connectivity index (χ0) is 30.3. The average Bonchev–Trinajstić information content (AvgIpc) is 3.36. The molecule has 12 heteroatoms. The van der Waals surface area contributed by atoms with Crippen LogP contribution in [-0.2, 0) is 16.2 Å². The van der Waals surface area contributed by atoms with Gasteiger partial charge in [0.1, 0.15) is 24.3 Å². The second kappa shape index (κ2) is 11.3. The average molecular weight is 605 g/mol. The van der Waals surface area contributed by atoms with Gasteiger partial charge in [0.25, 0.3) is 14.2 Å². The van der Waals surface area contributed by atoms with Crippen molar-refractivity contribution in [3.8, 4) is 11.6 Å². The van der Waals surface area contributed by atoms with E-state index in [1.165, 1.54) is 19.2 Å². The van der Waals surface area contributed by atoms with E-state index in [0.29, 0.717) is 80.7 Å². The molecule has 0 bridgehead atoms. The fraction of sp³-hybridized carbons (Fsp3) is 0.633. The number of rotatable bonds is 6. The van der Waals surface area contributed by atoms with Gasteiger partial charge < -0.3 is 23.4 Å². The summed E-state index contributed by atoms with van der Waals surface area (Å²) < 4.78 is 48.0. The lowest BCUT2D eigenvalue weighted by Gasteiger charge is -2.46. The van der Waals surface area contributed by atoms with Crippen LogP contribution in [0.25, 0.3) is 0 Å². The fourth-order valence-electron chi connectivity index (χ4n) is 5.69. The minimum absolute atomic E-state index is 0.0433. The van der Waals surface area contributed by atoms with Crippen molar-refractivity contribution in [2.24, 2.45) is 5.16 Å². The van der Waals surface area contributed by atoms with Crippen LogP contribution in [0.4, 0.5) is 8.78 Å². The molecule has 1 aromatic carbocycles. The van der Waals surface area contributed by atoms with Crippen LogP contribution >= 0.6 is 0 Å². The quantitative estimate of drug-likeness (QED) is 0.309. The van der Waals surface area contributed by atoms with Crippen LogP contribution in [-0.4, -0.2) is 79.5 Å². The van der Waals surface area contributed by atoms with Gasteiger partial charge in [0.05, 0.1) is 12.3 Å². The molecule has 9 nitrogen and oxygen atoms in total. The van der Waals surface area contributed by atoms with E-state index in [1.54, 1.807) is 11.0 Å². The number of hydrogen-bond donors (Lipinski definition) is 0. The van der Waals surface area contributed by atoms with Crippen LogP contribution in [0.3, 0.4) is 0 Å². The fourth-order valence-corrected chi connectivity index (χ4v) is 6.61. The number of amides is 1. The van der Waals surface area contributed by atoms with Crippen molar-refractivity contribution >= 4 is 19.9 Å². The number of likely N-dealkylation sites (tertiary alicyclic amines) is 2. The van der Waals surface area contributed by atoms with Gasteiger partial charge in [-0.2, -0.15) is 0 Å². The molecule has 0 atom stereocenters. The summed E-state index contributed by atoms with van der Waals surface area (Å²) in [5, 5.41) is 8.27. The van der Waals surface area contributed by atoms with E-state index in [0.717, 1.165) is 0 Å². The lowest BCUT2D eigenvalue weighted by atomic mass is 9.81. The Morgan fingerprint density at radius 2 is 1.81 bits per heavy atom. The highest BCUT2D eigenvalue weighted by Gasteiger charge is 2.48. The van der Waals surface area contributed by atoms with Gasteiger partial charge in [0.15, 0.2) is 11.4 Å². The molecule has 2 saturated heterocycles. The predicted molar refractivity (Wildman–Crippen MR) is 156 cm³/mol. The molecule has 4 heterocycles. The summed E-state index contributed by atoms with van der Waals surface area (Å²) in [7, 11) is -0.579. The molecule has 42 heavy (non-hydrogen) atoms. The van der Waals surface area contributed by atoms with Crippen molar-refractivity contribution in [1.82, 2.24) is 15.0 Å². The second-order valence-electron chi connectivity index (χ2n) is 13.4. The van der Waals surface area contributed by atoms with Crippen molar-refractivity contribution < 1.29 is 32.1 Å². The topological polar surface area (TPSA) is 89.6 Å². The molecule has 0 saturated carbocycles. The van der Waals surface area contributed by atoms with Gasteiger partial charge in [0, 0.05) is 69.9 Å². The highest BCUT2D eigenvalue weighted by Crippen LogP contribution is 2.41. The Kier molecular flexibility index (Phi) is 8.16. The first-order valence-electron chi connectivity index (χ1n) is 14.7. The molecule has 5 rings (SSSR count). The van der Waals surface area contributed by atoms with Crippen LogP contribution in [0, 0.1) is 5.82 Å². The van der Waals surface area contributed by atoms with Crippen LogP contribution in [0.5, 0.6) is 11.6 Å². The molecule has 0 unspecified atom stereocenters. The van der Waals surface area contributed by atoms with Crippen LogP contribution in [0.1, 0.15) is 64.2 Å². The monoisotopic (exact) mass is 604 g/mol. The van der Waals surface area contributed by atoms with Crippen molar-refractivity contribution in [2.45, 2.75) is 88.8 Å². The molecule has 1 amide bonds. The van der Waals surface area contributed by atoms with Gasteiger partial charge in [0.2, 0.25) is 5.88 Å². The van der Waals surface area contributed by atoms with E-state index in [1.807, 2.05) is 6.07 Å². The maximum atomic E-state index is 16.0. The third-order valence-corrected chi connectivity index (χ3v) is 13.7. The number of hydrogen-bond acceptors (Lipinski definition) is 8. The Hall–Kier alpha value is -2.99. The van der Waals surface area contributed by atoms with Crippen molar-refractivity contribution in [3.63, 3.8) is 0 Å². The van der Waals surface area contributed by atoms with Gasteiger partial charge in [-0.3, -0.25) is 9.69 Å². The van der Waals surface area contributed by atoms with E-state index in [4.69, 9.17) is 18.5 Å². The predicted octanol–water partition coefficient (Wildman–Crippen LogP) is 5.70. The van der Waals surface area contributed by atoms with Crippen LogP contribution in [0.2, 0.25) is 18.1 Å². The lowest BCUT2D eigenvalue weighted by Crippen LogP contribution is -2.57. The maximum Gasteiger partial charge on any atom is 0.260 e. The molecule has 0 N–H and O–H groups in total. The highest BCUT2D eigenvalue weighted by molar-refractivity contribution is 6.74. The number of piperidine rings is 2. The molecule has 2 aromatic rings. The molecule has 2 fully saturated rings. The zero-order valence-corrected chi connectivity index (χ0v) is 26.5. The molecule has 3 aliphatic heterocycles. The summed E-state index contributed by atoms with van der Waals surface area (Å²) >= 11 is 0. The van der Waals surface area contributed by atoms with Gasteiger partial charge in [-0.25, -0.2) is 8.78 Å². The molecule has 1 spiro atoms. The number of alkyl halides is 1. The Morgan fingerprint density at radius 3 is 2.45 bits per heavy atom. The van der Waals surface area contributed by atoms with Crippen molar-refractivity contribution in [1.29, 1.82) is 0 Å². The molecule has 0 radical (unpaired) electrons.